The van der Waals surface area contributed by atoms with Gasteiger partial charge in [-0.3, -0.25) is 0 Å². The summed E-state index contributed by atoms with van der Waals surface area (Å²) in [5.74, 6) is 0.697. The van der Waals surface area contributed by atoms with Crippen molar-refractivity contribution in [3.05, 3.63) is 23.9 Å². The normalized spacial score (nSPS) is 9.86. The van der Waals surface area contributed by atoms with Crippen molar-refractivity contribution >= 4 is 17.7 Å². The van der Waals surface area contributed by atoms with E-state index in [0.717, 1.165) is 17.2 Å². The number of carbonyl (C=O) groups is 1. The van der Waals surface area contributed by atoms with E-state index < -0.39 is 0 Å². The van der Waals surface area contributed by atoms with Crippen molar-refractivity contribution < 1.29 is 9.53 Å². The van der Waals surface area contributed by atoms with Crippen LogP contribution in [0.5, 0.6) is 0 Å². The maximum absolute atomic E-state index is 11.2. The predicted octanol–water partition coefficient (Wildman–Crippen LogP) is 2.37. The molecule has 14 heavy (non-hydrogen) atoms. The maximum atomic E-state index is 11.2. The summed E-state index contributed by atoms with van der Waals surface area (Å²) in [6, 6.07) is 3.41. The summed E-state index contributed by atoms with van der Waals surface area (Å²) < 4.78 is 4.62. The molecule has 0 aliphatic carbocycles. The molecule has 4 heteroatoms. The van der Waals surface area contributed by atoms with E-state index in [0.29, 0.717) is 5.56 Å². The monoisotopic (exact) mass is 211 g/mol. The van der Waals surface area contributed by atoms with Crippen LogP contribution in [0.2, 0.25) is 0 Å². The number of methoxy groups -OCH3 is 1. The lowest BCUT2D eigenvalue weighted by molar-refractivity contribution is 0.0600. The van der Waals surface area contributed by atoms with Crippen molar-refractivity contribution in [2.45, 2.75) is 18.4 Å². The van der Waals surface area contributed by atoms with Crippen molar-refractivity contribution in [2.75, 3.05) is 12.9 Å². The Labute approximate surface area is 87.9 Å². The molecular formula is C10H13NO2S. The van der Waals surface area contributed by atoms with Gasteiger partial charge < -0.3 is 4.74 Å². The third-order valence-electron chi connectivity index (χ3n) is 1.61. The van der Waals surface area contributed by atoms with Crippen molar-refractivity contribution in [3.63, 3.8) is 0 Å². The molecule has 0 spiro atoms. The van der Waals surface area contributed by atoms with Crippen LogP contribution >= 0.6 is 11.8 Å². The Morgan fingerprint density at radius 2 is 2.43 bits per heavy atom. The maximum Gasteiger partial charge on any atom is 0.337 e. The quantitative estimate of drug-likeness (QED) is 0.566. The van der Waals surface area contributed by atoms with Gasteiger partial charge in [-0.2, -0.15) is 0 Å². The average Bonchev–Trinajstić information content (AvgIpc) is 2.25. The number of pyridine rings is 1. The van der Waals surface area contributed by atoms with E-state index in [1.165, 1.54) is 7.11 Å². The third kappa shape index (κ3) is 3.03. The van der Waals surface area contributed by atoms with Gasteiger partial charge in [0, 0.05) is 6.20 Å². The molecule has 0 aromatic carbocycles. The standard InChI is InChI=1S/C10H13NO2S/c1-3-6-14-9-7-8(4-5-11-9)10(12)13-2/h4-5,7H,3,6H2,1-2H3. The Kier molecular flexibility index (Phi) is 4.46. The molecule has 0 saturated carbocycles. The van der Waals surface area contributed by atoms with E-state index in [4.69, 9.17) is 0 Å². The zero-order valence-corrected chi connectivity index (χ0v) is 9.13. The topological polar surface area (TPSA) is 39.2 Å². The molecular weight excluding hydrogens is 198 g/mol. The van der Waals surface area contributed by atoms with Crippen LogP contribution in [0.3, 0.4) is 0 Å². The van der Waals surface area contributed by atoms with E-state index in [9.17, 15) is 4.79 Å². The fraction of sp³-hybridized carbons (Fsp3) is 0.400. The number of aromatic nitrogens is 1. The van der Waals surface area contributed by atoms with Crippen LogP contribution in [0, 0.1) is 0 Å². The van der Waals surface area contributed by atoms with Crippen LogP contribution < -0.4 is 0 Å². The van der Waals surface area contributed by atoms with Crippen LogP contribution in [0.4, 0.5) is 0 Å². The molecule has 0 N–H and O–H groups in total. The first-order valence-electron chi connectivity index (χ1n) is 4.45. The molecule has 0 saturated heterocycles. The van der Waals surface area contributed by atoms with Crippen LogP contribution in [0.1, 0.15) is 23.7 Å². The van der Waals surface area contributed by atoms with Gasteiger partial charge in [0.15, 0.2) is 0 Å². The number of hydrogen-bond acceptors (Lipinski definition) is 4. The molecule has 3 nitrogen and oxygen atoms in total. The molecule has 0 radical (unpaired) electrons. The second-order valence-electron chi connectivity index (χ2n) is 2.72. The van der Waals surface area contributed by atoms with Crippen LogP contribution in [0.15, 0.2) is 23.4 Å². The number of thioether (sulfide) groups is 1. The first kappa shape index (κ1) is 11.0. The molecule has 0 fully saturated rings. The third-order valence-corrected chi connectivity index (χ3v) is 2.74. The highest BCUT2D eigenvalue weighted by Gasteiger charge is 2.05. The Morgan fingerprint density at radius 3 is 3.07 bits per heavy atom. The Bertz CT molecular complexity index is 315. The minimum absolute atomic E-state index is 0.314. The average molecular weight is 211 g/mol. The summed E-state index contributed by atoms with van der Waals surface area (Å²) in [7, 11) is 1.38. The highest BCUT2D eigenvalue weighted by atomic mass is 32.2. The van der Waals surface area contributed by atoms with E-state index in [2.05, 4.69) is 16.6 Å². The number of ether oxygens (including phenoxy) is 1. The summed E-state index contributed by atoms with van der Waals surface area (Å²) in [6.45, 7) is 2.11. The van der Waals surface area contributed by atoms with Crippen molar-refractivity contribution in [2.24, 2.45) is 0 Å². The van der Waals surface area contributed by atoms with E-state index in [-0.39, 0.29) is 5.97 Å². The Balaban J connectivity index is 2.73. The summed E-state index contributed by atoms with van der Waals surface area (Å²) >= 11 is 1.64. The molecule has 0 aliphatic rings. The largest absolute Gasteiger partial charge is 0.465 e. The smallest absolute Gasteiger partial charge is 0.337 e. The number of rotatable bonds is 4. The van der Waals surface area contributed by atoms with Gasteiger partial charge in [0.05, 0.1) is 17.7 Å². The predicted molar refractivity (Wildman–Crippen MR) is 56.6 cm³/mol. The van der Waals surface area contributed by atoms with Gasteiger partial charge in [0.25, 0.3) is 0 Å². The lowest BCUT2D eigenvalue weighted by Crippen LogP contribution is -2.01. The summed E-state index contributed by atoms with van der Waals surface area (Å²) in [5, 5.41) is 0.870. The van der Waals surface area contributed by atoms with Gasteiger partial charge in [0.2, 0.25) is 0 Å². The van der Waals surface area contributed by atoms with Crippen LogP contribution in [-0.4, -0.2) is 23.8 Å². The number of esters is 1. The van der Waals surface area contributed by atoms with Crippen LogP contribution in [0.25, 0.3) is 0 Å². The molecule has 0 bridgehead atoms. The van der Waals surface area contributed by atoms with Gasteiger partial charge in [0.1, 0.15) is 0 Å². The fourth-order valence-corrected chi connectivity index (χ4v) is 1.70. The number of nitrogens with zero attached hydrogens (tertiary/aromatic N) is 1. The lowest BCUT2D eigenvalue weighted by atomic mass is 10.3. The molecule has 1 heterocycles. The summed E-state index contributed by atoms with van der Waals surface area (Å²) in [5.41, 5.74) is 0.557. The molecule has 76 valence electrons. The molecule has 1 aromatic heterocycles. The SMILES string of the molecule is CCCSc1cc(C(=O)OC)ccn1. The number of carbonyl (C=O) groups excluding carboxylic acids is 1. The number of hydrogen-bond donors (Lipinski definition) is 0. The van der Waals surface area contributed by atoms with Crippen molar-refractivity contribution in [3.8, 4) is 0 Å². The second-order valence-corrected chi connectivity index (χ2v) is 3.84. The fourth-order valence-electron chi connectivity index (χ4n) is 0.940. The minimum atomic E-state index is -0.314. The first-order chi connectivity index (χ1) is 6.77. The molecule has 0 atom stereocenters. The molecule has 0 unspecified atom stereocenters. The van der Waals surface area contributed by atoms with Gasteiger partial charge in [-0.05, 0) is 24.3 Å². The van der Waals surface area contributed by atoms with Crippen molar-refractivity contribution in [1.82, 2.24) is 4.98 Å². The van der Waals surface area contributed by atoms with Crippen LogP contribution in [-0.2, 0) is 4.74 Å². The lowest BCUT2D eigenvalue weighted by Gasteiger charge is -2.01. The van der Waals surface area contributed by atoms with Gasteiger partial charge in [-0.15, -0.1) is 11.8 Å². The molecule has 1 rings (SSSR count). The highest BCUT2D eigenvalue weighted by Crippen LogP contribution is 2.17. The molecule has 0 amide bonds. The van der Waals surface area contributed by atoms with E-state index in [1.54, 1.807) is 30.1 Å². The zero-order chi connectivity index (χ0) is 10.4. The highest BCUT2D eigenvalue weighted by molar-refractivity contribution is 7.99. The van der Waals surface area contributed by atoms with Gasteiger partial charge in [-0.25, -0.2) is 9.78 Å². The first-order valence-corrected chi connectivity index (χ1v) is 5.43. The molecule has 0 aliphatic heterocycles. The van der Waals surface area contributed by atoms with Gasteiger partial charge in [-0.1, -0.05) is 6.92 Å². The summed E-state index contributed by atoms with van der Waals surface area (Å²) in [4.78, 5) is 15.3. The summed E-state index contributed by atoms with van der Waals surface area (Å²) in [6.07, 6.45) is 2.72. The second kappa shape index (κ2) is 5.65. The van der Waals surface area contributed by atoms with Gasteiger partial charge >= 0.3 is 5.97 Å². The zero-order valence-electron chi connectivity index (χ0n) is 8.32. The van der Waals surface area contributed by atoms with E-state index in [1.807, 2.05) is 0 Å². The molecule has 1 aromatic rings. The van der Waals surface area contributed by atoms with E-state index >= 15 is 0 Å². The van der Waals surface area contributed by atoms with Crippen molar-refractivity contribution in [1.29, 1.82) is 0 Å². The Hall–Kier alpha value is -1.03. The Morgan fingerprint density at radius 1 is 1.64 bits per heavy atom. The minimum Gasteiger partial charge on any atom is -0.465 e.